The normalized spacial score (nSPS) is 23.8. The maximum absolute atomic E-state index is 14.0. The average molecular weight is 443 g/mol. The minimum atomic E-state index is -3.40. The first-order chi connectivity index (χ1) is 11.9. The Kier molecular flexibility index (Phi) is 9.79. The predicted molar refractivity (Wildman–Crippen MR) is 110 cm³/mol. The van der Waals surface area contributed by atoms with E-state index in [9.17, 15) is 12.8 Å². The van der Waals surface area contributed by atoms with Crippen LogP contribution in [0.4, 0.5) is 4.39 Å². The summed E-state index contributed by atoms with van der Waals surface area (Å²) in [5.74, 6) is -0.0396. The average Bonchev–Trinajstić information content (AvgIpc) is 2.61. The molecule has 0 spiro atoms. The van der Waals surface area contributed by atoms with Crippen LogP contribution in [0.25, 0.3) is 0 Å². The van der Waals surface area contributed by atoms with E-state index in [4.69, 9.17) is 4.74 Å². The lowest BCUT2D eigenvalue weighted by Gasteiger charge is -2.39. The van der Waals surface area contributed by atoms with Crippen molar-refractivity contribution in [2.24, 2.45) is 5.92 Å². The van der Waals surface area contributed by atoms with E-state index in [1.54, 1.807) is 0 Å². The van der Waals surface area contributed by atoms with Crippen molar-refractivity contribution in [1.29, 1.82) is 0 Å². The summed E-state index contributed by atoms with van der Waals surface area (Å²) in [6.07, 6.45) is 5.60. The van der Waals surface area contributed by atoms with Crippen molar-refractivity contribution in [3.8, 4) is 5.75 Å². The summed E-state index contributed by atoms with van der Waals surface area (Å²) < 4.78 is 42.6. The molecule has 156 valence electrons. The number of hydrogen-bond acceptors (Lipinski definition) is 5. The summed E-state index contributed by atoms with van der Waals surface area (Å²) in [4.78, 5) is 2.56. The van der Waals surface area contributed by atoms with Crippen molar-refractivity contribution in [3.05, 3.63) is 24.0 Å². The van der Waals surface area contributed by atoms with Gasteiger partial charge in [0.2, 0.25) is 0 Å². The van der Waals surface area contributed by atoms with E-state index in [2.05, 4.69) is 10.2 Å². The third-order valence-corrected chi connectivity index (χ3v) is 6.40. The van der Waals surface area contributed by atoms with Crippen LogP contribution in [-0.2, 0) is 9.84 Å². The molecule has 1 N–H and O–H groups in total. The standard InChI is InChI=1S/C18H27FN2O3S.2ClH/c1-25(22,23)16-6-7-18(17(19)12-16)24-13-14-2-4-15(5-3-14)21-10-8-20-9-11-21;;/h6-7,12,14-15,20H,2-5,8-11,13H2,1H3;2*1H. The van der Waals surface area contributed by atoms with Crippen molar-refractivity contribution >= 4 is 34.7 Å². The lowest BCUT2D eigenvalue weighted by atomic mass is 9.85. The summed E-state index contributed by atoms with van der Waals surface area (Å²) in [5.41, 5.74) is 0. The molecule has 27 heavy (non-hydrogen) atoms. The highest BCUT2D eigenvalue weighted by atomic mass is 35.5. The van der Waals surface area contributed by atoms with Gasteiger partial charge in [-0.25, -0.2) is 12.8 Å². The minimum Gasteiger partial charge on any atom is -0.490 e. The Morgan fingerprint density at radius 2 is 1.78 bits per heavy atom. The Morgan fingerprint density at radius 1 is 1.15 bits per heavy atom. The van der Waals surface area contributed by atoms with Gasteiger partial charge in [0.05, 0.1) is 11.5 Å². The van der Waals surface area contributed by atoms with E-state index >= 15 is 0 Å². The Hall–Kier alpha value is -0.600. The number of nitrogens with one attached hydrogen (secondary N) is 1. The molecule has 1 aliphatic carbocycles. The van der Waals surface area contributed by atoms with Crippen LogP contribution in [0.15, 0.2) is 23.1 Å². The zero-order valence-electron chi connectivity index (χ0n) is 15.5. The van der Waals surface area contributed by atoms with Gasteiger partial charge in [0.1, 0.15) is 0 Å². The van der Waals surface area contributed by atoms with Gasteiger partial charge in [0.15, 0.2) is 21.4 Å². The van der Waals surface area contributed by atoms with E-state index in [1.165, 1.54) is 25.0 Å². The first kappa shape index (κ1) is 24.4. The highest BCUT2D eigenvalue weighted by Crippen LogP contribution is 2.29. The number of nitrogens with zero attached hydrogens (tertiary/aromatic N) is 1. The van der Waals surface area contributed by atoms with Crippen molar-refractivity contribution < 1.29 is 17.5 Å². The zero-order chi connectivity index (χ0) is 17.9. The molecule has 0 amide bonds. The molecule has 5 nitrogen and oxygen atoms in total. The van der Waals surface area contributed by atoms with Gasteiger partial charge in [0, 0.05) is 38.5 Å². The fourth-order valence-electron chi connectivity index (χ4n) is 3.76. The van der Waals surface area contributed by atoms with E-state index in [-0.39, 0.29) is 35.5 Å². The molecule has 0 radical (unpaired) electrons. The van der Waals surface area contributed by atoms with Crippen LogP contribution in [0.1, 0.15) is 25.7 Å². The quantitative estimate of drug-likeness (QED) is 0.759. The SMILES string of the molecule is CS(=O)(=O)c1ccc(OCC2CCC(N3CCNCC3)CC2)c(F)c1.Cl.Cl. The molecular weight excluding hydrogens is 414 g/mol. The highest BCUT2D eigenvalue weighted by Gasteiger charge is 2.27. The van der Waals surface area contributed by atoms with E-state index in [0.717, 1.165) is 51.3 Å². The molecule has 9 heteroatoms. The lowest BCUT2D eigenvalue weighted by molar-refractivity contribution is 0.105. The van der Waals surface area contributed by atoms with Crippen molar-refractivity contribution in [2.45, 2.75) is 36.6 Å². The molecule has 1 aliphatic heterocycles. The van der Waals surface area contributed by atoms with Crippen LogP contribution in [0.2, 0.25) is 0 Å². The molecule has 0 bridgehead atoms. The molecule has 2 fully saturated rings. The molecule has 0 unspecified atom stereocenters. The molecule has 0 aromatic heterocycles. The number of rotatable bonds is 5. The van der Waals surface area contributed by atoms with Gasteiger partial charge in [-0.3, -0.25) is 4.90 Å². The number of ether oxygens (including phenoxy) is 1. The molecular formula is C18H29Cl2FN2O3S. The summed E-state index contributed by atoms with van der Waals surface area (Å²) >= 11 is 0. The zero-order valence-corrected chi connectivity index (χ0v) is 18.0. The summed E-state index contributed by atoms with van der Waals surface area (Å²) in [5, 5.41) is 3.38. The number of hydrogen-bond donors (Lipinski definition) is 1. The first-order valence-corrected chi connectivity index (χ1v) is 10.9. The van der Waals surface area contributed by atoms with Crippen molar-refractivity contribution in [1.82, 2.24) is 10.2 Å². The Morgan fingerprint density at radius 3 is 2.33 bits per heavy atom. The van der Waals surface area contributed by atoms with Gasteiger partial charge in [0.25, 0.3) is 0 Å². The second-order valence-electron chi connectivity index (χ2n) is 7.14. The molecule has 1 heterocycles. The van der Waals surface area contributed by atoms with Gasteiger partial charge >= 0.3 is 0 Å². The summed E-state index contributed by atoms with van der Waals surface area (Å²) in [7, 11) is -3.40. The molecule has 0 atom stereocenters. The van der Waals surface area contributed by atoms with E-state index in [0.29, 0.717) is 18.6 Å². The topological polar surface area (TPSA) is 58.6 Å². The maximum atomic E-state index is 14.0. The van der Waals surface area contributed by atoms with E-state index in [1.807, 2.05) is 0 Å². The summed E-state index contributed by atoms with van der Waals surface area (Å²) in [6, 6.07) is 4.52. The number of piperazine rings is 1. The fraction of sp³-hybridized carbons (Fsp3) is 0.667. The van der Waals surface area contributed by atoms with Crippen LogP contribution in [0.3, 0.4) is 0 Å². The second-order valence-corrected chi connectivity index (χ2v) is 9.15. The summed E-state index contributed by atoms with van der Waals surface area (Å²) in [6.45, 7) is 4.90. The second kappa shape index (κ2) is 10.8. The monoisotopic (exact) mass is 442 g/mol. The van der Waals surface area contributed by atoms with E-state index < -0.39 is 15.7 Å². The Bertz CT molecular complexity index is 692. The van der Waals surface area contributed by atoms with Crippen LogP contribution in [0, 0.1) is 11.7 Å². The van der Waals surface area contributed by atoms with Crippen LogP contribution < -0.4 is 10.1 Å². The van der Waals surface area contributed by atoms with Gasteiger partial charge in [-0.1, -0.05) is 0 Å². The largest absolute Gasteiger partial charge is 0.490 e. The van der Waals surface area contributed by atoms with Crippen LogP contribution in [0.5, 0.6) is 5.75 Å². The van der Waals surface area contributed by atoms with Gasteiger partial charge in [-0.2, -0.15) is 0 Å². The fourth-order valence-corrected chi connectivity index (χ4v) is 4.39. The highest BCUT2D eigenvalue weighted by molar-refractivity contribution is 7.90. The minimum absolute atomic E-state index is 0. The Balaban J connectivity index is 0.00000182. The smallest absolute Gasteiger partial charge is 0.175 e. The third kappa shape index (κ3) is 6.75. The molecule has 1 saturated carbocycles. The molecule has 1 aromatic rings. The Labute approximate surface area is 173 Å². The third-order valence-electron chi connectivity index (χ3n) is 5.29. The van der Waals surface area contributed by atoms with Gasteiger partial charge in [-0.05, 0) is 49.8 Å². The number of halogens is 3. The maximum Gasteiger partial charge on any atom is 0.175 e. The molecule has 1 saturated heterocycles. The van der Waals surface area contributed by atoms with Crippen LogP contribution >= 0.6 is 24.8 Å². The number of benzene rings is 1. The molecule has 3 rings (SSSR count). The number of sulfone groups is 1. The van der Waals surface area contributed by atoms with Crippen LogP contribution in [-0.4, -0.2) is 58.4 Å². The first-order valence-electron chi connectivity index (χ1n) is 9.00. The lowest BCUT2D eigenvalue weighted by Crippen LogP contribution is -2.49. The van der Waals surface area contributed by atoms with Gasteiger partial charge < -0.3 is 10.1 Å². The molecule has 1 aromatic carbocycles. The van der Waals surface area contributed by atoms with Gasteiger partial charge in [-0.15, -0.1) is 24.8 Å². The predicted octanol–water partition coefficient (Wildman–Crippen LogP) is 2.92. The van der Waals surface area contributed by atoms with Crippen molar-refractivity contribution in [2.75, 3.05) is 39.0 Å². The van der Waals surface area contributed by atoms with Crippen molar-refractivity contribution in [3.63, 3.8) is 0 Å². The molecule has 2 aliphatic rings.